The van der Waals surface area contributed by atoms with Crippen LogP contribution >= 0.6 is 0 Å². The topological polar surface area (TPSA) is 84.7 Å². The second-order valence-corrected chi connectivity index (χ2v) is 6.89. The van der Waals surface area contributed by atoms with E-state index in [4.69, 9.17) is 4.74 Å². The van der Waals surface area contributed by atoms with Crippen molar-refractivity contribution in [2.75, 3.05) is 12.4 Å². The lowest BCUT2D eigenvalue weighted by atomic mass is 10.2. The number of rotatable bonds is 5. The van der Waals surface area contributed by atoms with Gasteiger partial charge in [-0.3, -0.25) is 9.59 Å². The Morgan fingerprint density at radius 3 is 2.50 bits per heavy atom. The molecule has 0 bridgehead atoms. The Labute approximate surface area is 175 Å². The van der Waals surface area contributed by atoms with Gasteiger partial charge in [0.15, 0.2) is 0 Å². The predicted octanol–water partition coefficient (Wildman–Crippen LogP) is 3.50. The van der Waals surface area contributed by atoms with E-state index in [0.717, 1.165) is 22.6 Å². The van der Waals surface area contributed by atoms with Crippen LogP contribution in [0.5, 0.6) is 5.75 Å². The standard InChI is InChI=1S/C23H24N4O3/c1-15-7-5-9-20(11-15)27-16(2)12-18(17(27)3)14-24-26-23(29)22(28)25-19-8-6-10-21(13-19)30-4/h5-14H,1-4H3,(H,25,28)(H,26,29)/b24-14-. The summed E-state index contributed by atoms with van der Waals surface area (Å²) < 4.78 is 7.21. The number of methoxy groups -OCH3 is 1. The minimum Gasteiger partial charge on any atom is -0.497 e. The molecular weight excluding hydrogens is 380 g/mol. The molecule has 30 heavy (non-hydrogen) atoms. The number of aromatic nitrogens is 1. The fraction of sp³-hybridized carbons (Fsp3) is 0.174. The van der Waals surface area contributed by atoms with Gasteiger partial charge in [0.05, 0.1) is 13.3 Å². The summed E-state index contributed by atoms with van der Waals surface area (Å²) in [6.45, 7) is 6.03. The first-order valence-electron chi connectivity index (χ1n) is 9.43. The zero-order chi connectivity index (χ0) is 21.7. The number of ether oxygens (including phenoxy) is 1. The molecule has 7 nitrogen and oxygen atoms in total. The Morgan fingerprint density at radius 2 is 1.77 bits per heavy atom. The summed E-state index contributed by atoms with van der Waals surface area (Å²) in [5.41, 5.74) is 7.83. The van der Waals surface area contributed by atoms with Gasteiger partial charge >= 0.3 is 11.8 Å². The summed E-state index contributed by atoms with van der Waals surface area (Å²) in [6, 6.07) is 16.9. The van der Waals surface area contributed by atoms with Crippen molar-refractivity contribution in [3.05, 3.63) is 77.1 Å². The van der Waals surface area contributed by atoms with Crippen LogP contribution in [0.3, 0.4) is 0 Å². The van der Waals surface area contributed by atoms with Gasteiger partial charge in [-0.2, -0.15) is 5.10 Å². The van der Waals surface area contributed by atoms with E-state index in [1.165, 1.54) is 18.9 Å². The molecule has 154 valence electrons. The number of benzene rings is 2. The van der Waals surface area contributed by atoms with Gasteiger partial charge in [-0.1, -0.05) is 18.2 Å². The molecular formula is C23H24N4O3. The van der Waals surface area contributed by atoms with Crippen LogP contribution in [0.4, 0.5) is 5.69 Å². The highest BCUT2D eigenvalue weighted by molar-refractivity contribution is 6.39. The van der Waals surface area contributed by atoms with E-state index >= 15 is 0 Å². The summed E-state index contributed by atoms with van der Waals surface area (Å²) in [6.07, 6.45) is 1.53. The van der Waals surface area contributed by atoms with Crippen molar-refractivity contribution < 1.29 is 14.3 Å². The van der Waals surface area contributed by atoms with E-state index in [-0.39, 0.29) is 0 Å². The van der Waals surface area contributed by atoms with Crippen molar-refractivity contribution in [3.8, 4) is 11.4 Å². The van der Waals surface area contributed by atoms with Crippen molar-refractivity contribution >= 4 is 23.7 Å². The molecule has 2 N–H and O–H groups in total. The van der Waals surface area contributed by atoms with Crippen molar-refractivity contribution in [1.29, 1.82) is 0 Å². The Hall–Kier alpha value is -3.87. The Morgan fingerprint density at radius 1 is 1.00 bits per heavy atom. The molecule has 1 heterocycles. The first kappa shape index (κ1) is 20.9. The third-order valence-electron chi connectivity index (χ3n) is 4.63. The molecule has 7 heteroatoms. The number of carbonyl (C=O) groups excluding carboxylic acids is 2. The number of hydrogen-bond donors (Lipinski definition) is 2. The van der Waals surface area contributed by atoms with Crippen molar-refractivity contribution in [2.45, 2.75) is 20.8 Å². The average Bonchev–Trinajstić information content (AvgIpc) is 3.01. The van der Waals surface area contributed by atoms with E-state index in [1.54, 1.807) is 24.3 Å². The molecule has 0 atom stereocenters. The molecule has 1 aromatic heterocycles. The fourth-order valence-electron chi connectivity index (χ4n) is 3.18. The maximum absolute atomic E-state index is 12.1. The first-order valence-corrected chi connectivity index (χ1v) is 9.43. The van der Waals surface area contributed by atoms with Gasteiger partial charge in [0.1, 0.15) is 5.75 Å². The minimum absolute atomic E-state index is 0.458. The zero-order valence-corrected chi connectivity index (χ0v) is 17.4. The van der Waals surface area contributed by atoms with Gasteiger partial charge in [-0.25, -0.2) is 5.43 Å². The maximum Gasteiger partial charge on any atom is 0.329 e. The third kappa shape index (κ3) is 4.75. The number of hydrogen-bond acceptors (Lipinski definition) is 4. The molecule has 0 aliphatic rings. The molecule has 3 rings (SSSR count). The SMILES string of the molecule is COc1cccc(NC(=O)C(=O)N/N=C\c2cc(C)n(-c3cccc(C)c3)c2C)c1. The Kier molecular flexibility index (Phi) is 6.32. The quantitative estimate of drug-likeness (QED) is 0.388. The van der Waals surface area contributed by atoms with Crippen LogP contribution < -0.4 is 15.5 Å². The smallest absolute Gasteiger partial charge is 0.329 e. The number of nitrogens with one attached hydrogen (secondary N) is 2. The fourth-order valence-corrected chi connectivity index (χ4v) is 3.18. The molecule has 2 amide bonds. The lowest BCUT2D eigenvalue weighted by molar-refractivity contribution is -0.136. The Balaban J connectivity index is 1.67. The molecule has 0 saturated heterocycles. The number of aryl methyl sites for hydroxylation is 2. The Bertz CT molecular complexity index is 1120. The van der Waals surface area contributed by atoms with Gasteiger partial charge in [0.2, 0.25) is 0 Å². The normalized spacial score (nSPS) is 10.8. The molecule has 3 aromatic rings. The van der Waals surface area contributed by atoms with Crippen molar-refractivity contribution in [1.82, 2.24) is 9.99 Å². The summed E-state index contributed by atoms with van der Waals surface area (Å²) in [5.74, 6) is -1.10. The van der Waals surface area contributed by atoms with Crippen LogP contribution in [-0.2, 0) is 9.59 Å². The van der Waals surface area contributed by atoms with E-state index < -0.39 is 11.8 Å². The highest BCUT2D eigenvalue weighted by Gasteiger charge is 2.14. The summed E-state index contributed by atoms with van der Waals surface area (Å²) >= 11 is 0. The summed E-state index contributed by atoms with van der Waals surface area (Å²) in [7, 11) is 1.53. The van der Waals surface area contributed by atoms with Gasteiger partial charge in [-0.15, -0.1) is 0 Å². The predicted molar refractivity (Wildman–Crippen MR) is 117 cm³/mol. The van der Waals surface area contributed by atoms with Crippen LogP contribution in [0.25, 0.3) is 5.69 Å². The van der Waals surface area contributed by atoms with E-state index in [2.05, 4.69) is 26.5 Å². The number of anilines is 1. The maximum atomic E-state index is 12.1. The molecule has 0 unspecified atom stereocenters. The zero-order valence-electron chi connectivity index (χ0n) is 17.4. The second kappa shape index (κ2) is 9.09. The van der Waals surface area contributed by atoms with Crippen LogP contribution in [0.1, 0.15) is 22.5 Å². The van der Waals surface area contributed by atoms with Crippen molar-refractivity contribution in [3.63, 3.8) is 0 Å². The summed E-state index contributed by atoms with van der Waals surface area (Å²) in [5, 5.41) is 6.45. The molecule has 2 aromatic carbocycles. The van der Waals surface area contributed by atoms with Gasteiger partial charge in [0.25, 0.3) is 0 Å². The molecule has 0 spiro atoms. The van der Waals surface area contributed by atoms with Crippen LogP contribution in [0.15, 0.2) is 59.7 Å². The molecule has 0 aliphatic heterocycles. The van der Waals surface area contributed by atoms with E-state index in [0.29, 0.717) is 11.4 Å². The third-order valence-corrected chi connectivity index (χ3v) is 4.63. The molecule has 0 radical (unpaired) electrons. The first-order chi connectivity index (χ1) is 14.4. The lowest BCUT2D eigenvalue weighted by Gasteiger charge is -2.10. The number of nitrogens with zero attached hydrogens (tertiary/aromatic N) is 2. The number of hydrazone groups is 1. The lowest BCUT2D eigenvalue weighted by Crippen LogP contribution is -2.32. The largest absolute Gasteiger partial charge is 0.497 e. The summed E-state index contributed by atoms with van der Waals surface area (Å²) in [4.78, 5) is 24.1. The molecule has 0 fully saturated rings. The average molecular weight is 404 g/mol. The van der Waals surface area contributed by atoms with Gasteiger partial charge < -0.3 is 14.6 Å². The van der Waals surface area contributed by atoms with Crippen molar-refractivity contribution in [2.24, 2.45) is 5.10 Å². The molecule has 0 aliphatic carbocycles. The number of amides is 2. The van der Waals surface area contributed by atoms with E-state index in [1.807, 2.05) is 45.0 Å². The minimum atomic E-state index is -0.860. The monoisotopic (exact) mass is 404 g/mol. The molecule has 0 saturated carbocycles. The second-order valence-electron chi connectivity index (χ2n) is 6.89. The highest BCUT2D eigenvalue weighted by Crippen LogP contribution is 2.20. The highest BCUT2D eigenvalue weighted by atomic mass is 16.5. The van der Waals surface area contributed by atoms with Gasteiger partial charge in [-0.05, 0) is 56.7 Å². The van der Waals surface area contributed by atoms with E-state index in [9.17, 15) is 9.59 Å². The van der Waals surface area contributed by atoms with Crippen LogP contribution in [0, 0.1) is 20.8 Å². The van der Waals surface area contributed by atoms with Crippen LogP contribution in [0.2, 0.25) is 0 Å². The van der Waals surface area contributed by atoms with Crippen LogP contribution in [-0.4, -0.2) is 29.7 Å². The number of carbonyl (C=O) groups is 2. The van der Waals surface area contributed by atoms with Gasteiger partial charge in [0, 0.05) is 34.4 Å².